The van der Waals surface area contributed by atoms with E-state index in [0.29, 0.717) is 31.5 Å². The van der Waals surface area contributed by atoms with Crippen molar-refractivity contribution in [2.45, 2.75) is 58.3 Å². The summed E-state index contributed by atoms with van der Waals surface area (Å²) < 4.78 is 5.27. The maximum atomic E-state index is 12.9. The molecule has 1 atom stereocenters. The van der Waals surface area contributed by atoms with Gasteiger partial charge in [0, 0.05) is 32.1 Å². The van der Waals surface area contributed by atoms with E-state index in [1.807, 2.05) is 11.0 Å². The average Bonchev–Trinajstić information content (AvgIpc) is 3.02. The summed E-state index contributed by atoms with van der Waals surface area (Å²) in [5.41, 5.74) is 1.45. The number of nitrogens with zero attached hydrogens (tertiary/aromatic N) is 2. The summed E-state index contributed by atoms with van der Waals surface area (Å²) in [6.45, 7) is 6.13. The lowest BCUT2D eigenvalue weighted by Crippen LogP contribution is -2.50. The third-order valence-corrected chi connectivity index (χ3v) is 4.86. The van der Waals surface area contributed by atoms with E-state index in [0.717, 1.165) is 16.0 Å². The maximum absolute atomic E-state index is 12.9. The lowest BCUT2D eigenvalue weighted by Gasteiger charge is -2.29. The molecular formula is C20H25N3O5. The van der Waals surface area contributed by atoms with E-state index in [2.05, 4.69) is 5.32 Å². The zero-order chi connectivity index (χ0) is 20.6. The summed E-state index contributed by atoms with van der Waals surface area (Å²) in [6.07, 6.45) is 0.0472. The Hall–Kier alpha value is -2.74. The number of fused-ring (bicyclic) bond motifs is 1. The number of carbonyl (C=O) groups is 4. The smallest absolute Gasteiger partial charge is 0.417 e. The Bertz CT molecular complexity index is 843. The Balaban J connectivity index is 1.78. The Morgan fingerprint density at radius 1 is 1.21 bits per heavy atom. The van der Waals surface area contributed by atoms with E-state index in [4.69, 9.17) is 4.74 Å². The molecule has 8 nitrogen and oxygen atoms in total. The molecule has 2 aliphatic rings. The molecule has 1 aromatic rings. The highest BCUT2D eigenvalue weighted by Gasteiger charge is 2.36. The van der Waals surface area contributed by atoms with Crippen LogP contribution in [0.15, 0.2) is 18.2 Å². The summed E-state index contributed by atoms with van der Waals surface area (Å²) in [6, 6.07) is 4.95. The molecule has 150 valence electrons. The number of amides is 4. The van der Waals surface area contributed by atoms with Crippen molar-refractivity contribution in [1.29, 1.82) is 0 Å². The minimum atomic E-state index is -0.713. The molecule has 1 fully saturated rings. The second-order valence-corrected chi connectivity index (χ2v) is 8.16. The molecule has 0 radical (unpaired) electrons. The third kappa shape index (κ3) is 4.06. The van der Waals surface area contributed by atoms with Gasteiger partial charge in [0.15, 0.2) is 0 Å². The minimum absolute atomic E-state index is 0.257. The number of rotatable bonds is 2. The van der Waals surface area contributed by atoms with Crippen LogP contribution >= 0.6 is 0 Å². The highest BCUT2D eigenvalue weighted by molar-refractivity contribution is 6.04. The van der Waals surface area contributed by atoms with Gasteiger partial charge < -0.3 is 4.74 Å². The Kier molecular flexibility index (Phi) is 5.25. The number of imide groups is 2. The highest BCUT2D eigenvalue weighted by Crippen LogP contribution is 2.30. The molecule has 1 N–H and O–H groups in total. The van der Waals surface area contributed by atoms with E-state index in [1.165, 1.54) is 7.05 Å². The van der Waals surface area contributed by atoms with Crippen molar-refractivity contribution in [2.75, 3.05) is 7.05 Å². The lowest BCUT2D eigenvalue weighted by atomic mass is 10.0. The van der Waals surface area contributed by atoms with Crippen molar-refractivity contribution < 1.29 is 23.9 Å². The van der Waals surface area contributed by atoms with Gasteiger partial charge in [0.2, 0.25) is 11.8 Å². The molecule has 2 aliphatic heterocycles. The first-order valence-electron chi connectivity index (χ1n) is 9.26. The van der Waals surface area contributed by atoms with Gasteiger partial charge in [-0.2, -0.15) is 0 Å². The molecule has 4 amide bonds. The van der Waals surface area contributed by atoms with Crippen molar-refractivity contribution in [1.82, 2.24) is 15.1 Å². The number of piperidine rings is 1. The first-order chi connectivity index (χ1) is 13.1. The van der Waals surface area contributed by atoms with Gasteiger partial charge >= 0.3 is 6.09 Å². The highest BCUT2D eigenvalue weighted by atomic mass is 16.6. The number of ether oxygens (including phenoxy) is 1. The van der Waals surface area contributed by atoms with Gasteiger partial charge in [0.05, 0.1) is 6.04 Å². The zero-order valence-electron chi connectivity index (χ0n) is 16.6. The largest absolute Gasteiger partial charge is 0.443 e. The first-order valence-corrected chi connectivity index (χ1v) is 9.26. The van der Waals surface area contributed by atoms with Gasteiger partial charge in [-0.3, -0.25) is 24.6 Å². The summed E-state index contributed by atoms with van der Waals surface area (Å²) in [7, 11) is 1.39. The maximum Gasteiger partial charge on any atom is 0.417 e. The Morgan fingerprint density at radius 2 is 1.93 bits per heavy atom. The minimum Gasteiger partial charge on any atom is -0.443 e. The second-order valence-electron chi connectivity index (χ2n) is 8.16. The predicted octanol–water partition coefficient (Wildman–Crippen LogP) is 1.81. The van der Waals surface area contributed by atoms with Crippen LogP contribution in [0.5, 0.6) is 0 Å². The average molecular weight is 387 g/mol. The molecule has 0 aliphatic carbocycles. The number of benzene rings is 1. The van der Waals surface area contributed by atoms with Gasteiger partial charge in [-0.15, -0.1) is 0 Å². The number of nitrogens with one attached hydrogen (secondary N) is 1. The molecule has 1 saturated heterocycles. The molecule has 0 aromatic heterocycles. The molecule has 0 saturated carbocycles. The number of hydrogen-bond donors (Lipinski definition) is 1. The van der Waals surface area contributed by atoms with E-state index in [-0.39, 0.29) is 11.8 Å². The van der Waals surface area contributed by atoms with Crippen LogP contribution in [0.2, 0.25) is 0 Å². The molecule has 1 unspecified atom stereocenters. The van der Waals surface area contributed by atoms with Gasteiger partial charge in [-0.05, 0) is 44.4 Å². The van der Waals surface area contributed by atoms with Gasteiger partial charge in [-0.1, -0.05) is 12.1 Å². The first kappa shape index (κ1) is 20.0. The SMILES string of the molecule is CN(C(=O)OC(C)(C)C)C(=O)c1cccc2c1CN(C1CCC(=O)NC1=O)C2. The van der Waals surface area contributed by atoms with Crippen LogP contribution < -0.4 is 5.32 Å². The molecule has 28 heavy (non-hydrogen) atoms. The van der Waals surface area contributed by atoms with Crippen LogP contribution in [0.25, 0.3) is 0 Å². The van der Waals surface area contributed by atoms with Crippen LogP contribution in [0.4, 0.5) is 4.79 Å². The molecule has 2 heterocycles. The van der Waals surface area contributed by atoms with Gasteiger partial charge in [0.1, 0.15) is 5.60 Å². The summed E-state index contributed by atoms with van der Waals surface area (Å²) >= 11 is 0. The number of hydrogen-bond acceptors (Lipinski definition) is 6. The summed E-state index contributed by atoms with van der Waals surface area (Å²) in [4.78, 5) is 51.6. The van der Waals surface area contributed by atoms with Crippen LogP contribution in [0.1, 0.15) is 55.1 Å². The molecule has 0 bridgehead atoms. The van der Waals surface area contributed by atoms with Crippen LogP contribution in [0, 0.1) is 0 Å². The number of carbonyl (C=O) groups excluding carboxylic acids is 4. The summed E-state index contributed by atoms with van der Waals surface area (Å²) in [5, 5.41) is 2.37. The van der Waals surface area contributed by atoms with Gasteiger partial charge in [-0.25, -0.2) is 9.69 Å². The monoisotopic (exact) mass is 387 g/mol. The fourth-order valence-electron chi connectivity index (χ4n) is 3.49. The molecule has 8 heteroatoms. The van der Waals surface area contributed by atoms with Gasteiger partial charge in [0.25, 0.3) is 5.91 Å². The zero-order valence-corrected chi connectivity index (χ0v) is 16.6. The van der Waals surface area contributed by atoms with E-state index >= 15 is 0 Å². The van der Waals surface area contributed by atoms with E-state index in [9.17, 15) is 19.2 Å². The quantitative estimate of drug-likeness (QED) is 0.778. The van der Waals surface area contributed by atoms with E-state index in [1.54, 1.807) is 32.9 Å². The molecule has 1 aromatic carbocycles. The fourth-order valence-corrected chi connectivity index (χ4v) is 3.49. The van der Waals surface area contributed by atoms with Crippen molar-refractivity contribution in [3.8, 4) is 0 Å². The predicted molar refractivity (Wildman–Crippen MR) is 100 cm³/mol. The van der Waals surface area contributed by atoms with Crippen molar-refractivity contribution >= 4 is 23.8 Å². The van der Waals surface area contributed by atoms with Crippen LogP contribution in [0.3, 0.4) is 0 Å². The Labute approximate surface area is 163 Å². The Morgan fingerprint density at radius 3 is 2.57 bits per heavy atom. The van der Waals surface area contributed by atoms with Crippen molar-refractivity contribution in [3.05, 3.63) is 34.9 Å². The lowest BCUT2D eigenvalue weighted by molar-refractivity contribution is -0.137. The normalized spacial score (nSPS) is 19.8. The standard InChI is InChI=1S/C20H25N3O5/c1-20(2,3)28-19(27)22(4)18(26)13-7-5-6-12-10-23(11-14(12)13)15-8-9-16(24)21-17(15)25/h5-7,15H,8-11H2,1-4H3,(H,21,24,25). The van der Waals surface area contributed by atoms with E-state index < -0.39 is 23.6 Å². The van der Waals surface area contributed by atoms with Crippen LogP contribution in [-0.2, 0) is 27.4 Å². The molecule has 3 rings (SSSR count). The fraction of sp³-hybridized carbons (Fsp3) is 0.500. The summed E-state index contributed by atoms with van der Waals surface area (Å²) in [5.74, 6) is -1.01. The topological polar surface area (TPSA) is 96.0 Å². The molecule has 0 spiro atoms. The van der Waals surface area contributed by atoms with Crippen molar-refractivity contribution in [2.24, 2.45) is 0 Å². The molecular weight excluding hydrogens is 362 g/mol. The second kappa shape index (κ2) is 7.35. The third-order valence-electron chi connectivity index (χ3n) is 4.86. The van der Waals surface area contributed by atoms with Crippen LogP contribution in [-0.4, -0.2) is 52.3 Å². The van der Waals surface area contributed by atoms with Crippen molar-refractivity contribution in [3.63, 3.8) is 0 Å².